The van der Waals surface area contributed by atoms with E-state index in [9.17, 15) is 4.79 Å². The number of hydrogen-bond acceptors (Lipinski definition) is 3. The smallest absolute Gasteiger partial charge is 0.248 e. The standard InChI is InChI=1S/C23H24N2OS/c24-23(26)21-9-2-1-7-18(21)14-17-6-5-8-19(15-17)22-11-10-20(27-22)16-25-12-3-4-13-25/h1-2,5-11,15H,3-4,12-14,16H2,(H2,24,26). The van der Waals surface area contributed by atoms with Gasteiger partial charge in [-0.15, -0.1) is 11.3 Å². The predicted molar refractivity (Wildman–Crippen MR) is 112 cm³/mol. The molecule has 1 aliphatic heterocycles. The number of primary amides is 1. The van der Waals surface area contributed by atoms with Gasteiger partial charge in [-0.1, -0.05) is 42.5 Å². The highest BCUT2D eigenvalue weighted by molar-refractivity contribution is 7.15. The maximum atomic E-state index is 11.7. The van der Waals surface area contributed by atoms with Crippen LogP contribution in [-0.2, 0) is 13.0 Å². The van der Waals surface area contributed by atoms with E-state index in [1.54, 1.807) is 6.07 Å². The van der Waals surface area contributed by atoms with Crippen LogP contribution in [0.1, 0.15) is 39.2 Å². The lowest BCUT2D eigenvalue weighted by Crippen LogP contribution is -2.17. The fourth-order valence-electron chi connectivity index (χ4n) is 3.75. The van der Waals surface area contributed by atoms with Crippen molar-refractivity contribution >= 4 is 17.2 Å². The molecule has 1 aliphatic rings. The van der Waals surface area contributed by atoms with Crippen molar-refractivity contribution in [2.24, 2.45) is 5.73 Å². The SMILES string of the molecule is NC(=O)c1ccccc1Cc1cccc(-c2ccc(CN3CCCC3)s2)c1. The lowest BCUT2D eigenvalue weighted by molar-refractivity contribution is 0.0999. The molecule has 1 fully saturated rings. The van der Waals surface area contributed by atoms with Gasteiger partial charge in [0, 0.05) is 21.9 Å². The summed E-state index contributed by atoms with van der Waals surface area (Å²) in [6, 6.07) is 20.7. The summed E-state index contributed by atoms with van der Waals surface area (Å²) < 4.78 is 0. The highest BCUT2D eigenvalue weighted by Crippen LogP contribution is 2.30. The summed E-state index contributed by atoms with van der Waals surface area (Å²) in [5.41, 5.74) is 9.52. The van der Waals surface area contributed by atoms with Crippen molar-refractivity contribution in [3.8, 4) is 10.4 Å². The van der Waals surface area contributed by atoms with Crippen molar-refractivity contribution < 1.29 is 4.79 Å². The molecule has 0 saturated carbocycles. The van der Waals surface area contributed by atoms with Gasteiger partial charge in [-0.2, -0.15) is 0 Å². The van der Waals surface area contributed by atoms with Gasteiger partial charge in [-0.3, -0.25) is 9.69 Å². The minimum Gasteiger partial charge on any atom is -0.366 e. The number of rotatable bonds is 6. The molecule has 4 rings (SSSR count). The summed E-state index contributed by atoms with van der Waals surface area (Å²) in [5, 5.41) is 0. The van der Waals surface area contributed by atoms with E-state index >= 15 is 0 Å². The van der Waals surface area contributed by atoms with E-state index in [0.29, 0.717) is 12.0 Å². The van der Waals surface area contributed by atoms with Gasteiger partial charge in [-0.05, 0) is 67.2 Å². The third-order valence-corrected chi connectivity index (χ3v) is 6.25. The Hall–Kier alpha value is -2.43. The van der Waals surface area contributed by atoms with Crippen LogP contribution in [-0.4, -0.2) is 23.9 Å². The van der Waals surface area contributed by atoms with Crippen molar-refractivity contribution in [2.75, 3.05) is 13.1 Å². The van der Waals surface area contributed by atoms with E-state index in [2.05, 4.69) is 41.3 Å². The first-order chi connectivity index (χ1) is 13.2. The lowest BCUT2D eigenvalue weighted by Gasteiger charge is -2.12. The topological polar surface area (TPSA) is 46.3 Å². The van der Waals surface area contributed by atoms with Gasteiger partial charge in [0.05, 0.1) is 0 Å². The number of carbonyl (C=O) groups is 1. The molecule has 0 radical (unpaired) electrons. The molecule has 0 aliphatic carbocycles. The Morgan fingerprint density at radius 3 is 2.63 bits per heavy atom. The number of likely N-dealkylation sites (tertiary alicyclic amines) is 1. The average Bonchev–Trinajstić information content (AvgIpc) is 3.35. The van der Waals surface area contributed by atoms with Crippen LogP contribution in [0.4, 0.5) is 0 Å². The second-order valence-corrected chi connectivity index (χ2v) is 8.32. The Balaban J connectivity index is 1.53. The fourth-order valence-corrected chi connectivity index (χ4v) is 4.80. The van der Waals surface area contributed by atoms with Crippen LogP contribution in [0.25, 0.3) is 10.4 Å². The molecule has 0 unspecified atom stereocenters. The Kier molecular flexibility index (Phi) is 5.37. The molecule has 1 saturated heterocycles. The van der Waals surface area contributed by atoms with Gasteiger partial charge in [0.1, 0.15) is 0 Å². The molecule has 1 aromatic heterocycles. The Bertz CT molecular complexity index is 941. The second-order valence-electron chi connectivity index (χ2n) is 7.15. The number of carbonyl (C=O) groups excluding carboxylic acids is 1. The molecule has 0 bridgehead atoms. The molecule has 3 aromatic rings. The highest BCUT2D eigenvalue weighted by Gasteiger charge is 2.13. The Labute approximate surface area is 164 Å². The summed E-state index contributed by atoms with van der Waals surface area (Å²) in [7, 11) is 0. The van der Waals surface area contributed by atoms with Gasteiger partial charge in [0.15, 0.2) is 0 Å². The first kappa shape index (κ1) is 18.0. The Morgan fingerprint density at radius 2 is 1.81 bits per heavy atom. The molecular weight excluding hydrogens is 352 g/mol. The molecule has 1 amide bonds. The number of benzene rings is 2. The monoisotopic (exact) mass is 376 g/mol. The first-order valence-electron chi connectivity index (χ1n) is 9.47. The Morgan fingerprint density at radius 1 is 1.00 bits per heavy atom. The van der Waals surface area contributed by atoms with Gasteiger partial charge >= 0.3 is 0 Å². The molecule has 2 heterocycles. The maximum Gasteiger partial charge on any atom is 0.248 e. The third-order valence-electron chi connectivity index (χ3n) is 5.13. The van der Waals surface area contributed by atoms with E-state index in [-0.39, 0.29) is 5.91 Å². The van der Waals surface area contributed by atoms with Crippen molar-refractivity contribution in [3.05, 3.63) is 82.2 Å². The number of amides is 1. The molecular formula is C23H24N2OS. The third kappa shape index (κ3) is 4.29. The minimum absolute atomic E-state index is 0.369. The van der Waals surface area contributed by atoms with E-state index < -0.39 is 0 Å². The first-order valence-corrected chi connectivity index (χ1v) is 10.3. The van der Waals surface area contributed by atoms with Crippen LogP contribution < -0.4 is 5.73 Å². The number of hydrogen-bond donors (Lipinski definition) is 1. The van der Waals surface area contributed by atoms with E-state index in [1.807, 2.05) is 29.5 Å². The van der Waals surface area contributed by atoms with Crippen molar-refractivity contribution in [1.29, 1.82) is 0 Å². The lowest BCUT2D eigenvalue weighted by atomic mass is 9.98. The molecule has 2 aromatic carbocycles. The number of nitrogens with zero attached hydrogens (tertiary/aromatic N) is 1. The molecule has 0 atom stereocenters. The van der Waals surface area contributed by atoms with Crippen LogP contribution in [0.15, 0.2) is 60.7 Å². The normalized spacial score (nSPS) is 14.5. The van der Waals surface area contributed by atoms with Crippen LogP contribution >= 0.6 is 11.3 Å². The maximum absolute atomic E-state index is 11.7. The molecule has 3 nitrogen and oxygen atoms in total. The van der Waals surface area contributed by atoms with Gasteiger partial charge in [0.25, 0.3) is 0 Å². The van der Waals surface area contributed by atoms with Gasteiger partial charge in [0.2, 0.25) is 5.91 Å². The second kappa shape index (κ2) is 8.07. The fraction of sp³-hybridized carbons (Fsp3) is 0.261. The van der Waals surface area contributed by atoms with E-state index in [1.165, 1.54) is 46.8 Å². The average molecular weight is 377 g/mol. The highest BCUT2D eigenvalue weighted by atomic mass is 32.1. The predicted octanol–water partition coefficient (Wildman–Crippen LogP) is 4.70. The molecule has 27 heavy (non-hydrogen) atoms. The molecule has 2 N–H and O–H groups in total. The quantitative estimate of drug-likeness (QED) is 0.678. The van der Waals surface area contributed by atoms with Gasteiger partial charge < -0.3 is 5.73 Å². The zero-order chi connectivity index (χ0) is 18.6. The zero-order valence-corrected chi connectivity index (χ0v) is 16.2. The number of nitrogens with two attached hydrogens (primary N) is 1. The van der Waals surface area contributed by atoms with Crippen molar-refractivity contribution in [3.63, 3.8) is 0 Å². The van der Waals surface area contributed by atoms with E-state index in [4.69, 9.17) is 5.73 Å². The summed E-state index contributed by atoms with van der Waals surface area (Å²) >= 11 is 1.88. The van der Waals surface area contributed by atoms with Gasteiger partial charge in [-0.25, -0.2) is 0 Å². The van der Waals surface area contributed by atoms with Crippen LogP contribution in [0.2, 0.25) is 0 Å². The largest absolute Gasteiger partial charge is 0.366 e. The summed E-state index contributed by atoms with van der Waals surface area (Å²) in [6.45, 7) is 3.51. The van der Waals surface area contributed by atoms with Crippen LogP contribution in [0.5, 0.6) is 0 Å². The van der Waals surface area contributed by atoms with Crippen molar-refractivity contribution in [2.45, 2.75) is 25.8 Å². The van der Waals surface area contributed by atoms with Crippen molar-refractivity contribution in [1.82, 2.24) is 4.90 Å². The van der Waals surface area contributed by atoms with Crippen LogP contribution in [0.3, 0.4) is 0 Å². The molecule has 0 spiro atoms. The van der Waals surface area contributed by atoms with Crippen LogP contribution in [0, 0.1) is 0 Å². The minimum atomic E-state index is -0.369. The summed E-state index contributed by atoms with van der Waals surface area (Å²) in [6.07, 6.45) is 3.36. The summed E-state index contributed by atoms with van der Waals surface area (Å²) in [5.74, 6) is -0.369. The number of thiophene rings is 1. The van der Waals surface area contributed by atoms with E-state index in [0.717, 1.165) is 12.1 Å². The molecule has 4 heteroatoms. The zero-order valence-electron chi connectivity index (χ0n) is 15.4. The molecule has 138 valence electrons. The summed E-state index contributed by atoms with van der Waals surface area (Å²) in [4.78, 5) is 16.9.